The molecule has 1 N–H and O–H groups in total. The smallest absolute Gasteiger partial charge is 0.223 e. The molecule has 0 aromatic heterocycles. The van der Waals surface area contributed by atoms with E-state index in [-0.39, 0.29) is 0 Å². The Morgan fingerprint density at radius 1 is 1.33 bits per heavy atom. The van der Waals surface area contributed by atoms with E-state index < -0.39 is 0 Å². The highest BCUT2D eigenvalue weighted by atomic mass is 16.2. The van der Waals surface area contributed by atoms with E-state index in [1.54, 1.807) is 0 Å². The third-order valence-corrected chi connectivity index (χ3v) is 3.10. The van der Waals surface area contributed by atoms with E-state index >= 15 is 0 Å². The van der Waals surface area contributed by atoms with Crippen molar-refractivity contribution in [3.8, 4) is 0 Å². The quantitative estimate of drug-likeness (QED) is 0.487. The van der Waals surface area contributed by atoms with E-state index in [0.29, 0.717) is 17.9 Å². The molecule has 0 unspecified atom stereocenters. The van der Waals surface area contributed by atoms with Crippen molar-refractivity contribution < 1.29 is 4.79 Å². The minimum atomic E-state index is 0.332. The molecule has 2 nitrogen and oxygen atoms in total. The summed E-state index contributed by atoms with van der Waals surface area (Å²) < 4.78 is 0. The molecule has 3 fully saturated rings. The molecule has 2 saturated carbocycles. The molecule has 3 aliphatic rings. The zero-order chi connectivity index (χ0) is 6.01. The lowest BCUT2D eigenvalue weighted by Gasteiger charge is -2.08. The number of carbonyl (C=O) groups is 1. The van der Waals surface area contributed by atoms with Gasteiger partial charge in [-0.1, -0.05) is 0 Å². The lowest BCUT2D eigenvalue weighted by molar-refractivity contribution is -0.123. The van der Waals surface area contributed by atoms with Crippen molar-refractivity contribution >= 4 is 5.91 Å². The summed E-state index contributed by atoms with van der Waals surface area (Å²) in [5.74, 6) is 2.47. The predicted molar refractivity (Wildman–Crippen MR) is 31.6 cm³/mol. The Morgan fingerprint density at radius 2 is 2.22 bits per heavy atom. The molecule has 0 spiro atoms. The van der Waals surface area contributed by atoms with Gasteiger partial charge in [0.05, 0.1) is 0 Å². The summed E-state index contributed by atoms with van der Waals surface area (Å²) in [4.78, 5) is 11.0. The molecular formula is C7H9NO. The number of rotatable bonds is 0. The molecule has 2 heteroatoms. The highest BCUT2D eigenvalue weighted by Gasteiger charge is 2.61. The number of piperidine rings is 1. The molecular weight excluding hydrogens is 114 g/mol. The molecule has 2 aliphatic carbocycles. The molecule has 0 radical (unpaired) electrons. The van der Waals surface area contributed by atoms with Crippen LogP contribution >= 0.6 is 0 Å². The van der Waals surface area contributed by atoms with Gasteiger partial charge in [-0.05, 0) is 24.7 Å². The normalized spacial score (nSPS) is 59.3. The number of hydrogen-bond acceptors (Lipinski definition) is 1. The molecule has 0 aromatic carbocycles. The average Bonchev–Trinajstić information content (AvgIpc) is 2.46. The predicted octanol–water partition coefficient (Wildman–Crippen LogP) is 0.141. The monoisotopic (exact) mass is 123 g/mol. The van der Waals surface area contributed by atoms with Crippen molar-refractivity contribution in [1.29, 1.82) is 0 Å². The summed E-state index contributed by atoms with van der Waals surface area (Å²) in [6, 6.07) is 0.590. The molecule has 0 aromatic rings. The molecule has 48 valence electrons. The van der Waals surface area contributed by atoms with E-state index in [4.69, 9.17) is 0 Å². The summed E-state index contributed by atoms with van der Waals surface area (Å²) in [5.41, 5.74) is 0. The first kappa shape index (κ1) is 4.31. The molecule has 4 atom stereocenters. The maximum Gasteiger partial charge on any atom is 0.223 e. The Labute approximate surface area is 53.6 Å². The fourth-order valence-electron chi connectivity index (χ4n) is 2.54. The van der Waals surface area contributed by atoms with E-state index in [9.17, 15) is 4.79 Å². The van der Waals surface area contributed by atoms with Crippen LogP contribution < -0.4 is 5.32 Å². The zero-order valence-corrected chi connectivity index (χ0v) is 5.13. The molecule has 1 aliphatic heterocycles. The maximum atomic E-state index is 11.0. The van der Waals surface area contributed by atoms with Crippen LogP contribution in [0.25, 0.3) is 0 Å². The number of fused-ring (bicyclic) bond motifs is 5. The highest BCUT2D eigenvalue weighted by Crippen LogP contribution is 2.58. The van der Waals surface area contributed by atoms with Crippen molar-refractivity contribution in [1.82, 2.24) is 5.32 Å². The molecule has 2 bridgehead atoms. The first-order valence-corrected chi connectivity index (χ1v) is 3.66. The molecule has 3 rings (SSSR count). The first-order chi connectivity index (χ1) is 4.36. The number of carbonyl (C=O) groups excluding carboxylic acids is 1. The van der Waals surface area contributed by atoms with Gasteiger partial charge in [-0.15, -0.1) is 0 Å². The van der Waals surface area contributed by atoms with Gasteiger partial charge in [0, 0.05) is 12.0 Å². The minimum absolute atomic E-state index is 0.332. The van der Waals surface area contributed by atoms with Crippen LogP contribution in [0.1, 0.15) is 12.8 Å². The van der Waals surface area contributed by atoms with Crippen molar-refractivity contribution in [3.05, 3.63) is 0 Å². The lowest BCUT2D eigenvalue weighted by Crippen LogP contribution is -2.32. The third-order valence-electron chi connectivity index (χ3n) is 3.10. The van der Waals surface area contributed by atoms with E-state index in [2.05, 4.69) is 5.32 Å². The van der Waals surface area contributed by atoms with Gasteiger partial charge in [0.1, 0.15) is 0 Å². The SMILES string of the molecule is O=C1N[C@H]2C[C@@H]1[C@@H]1C[C@@H]12. The van der Waals surface area contributed by atoms with Crippen LogP contribution in [-0.4, -0.2) is 11.9 Å². The topological polar surface area (TPSA) is 29.1 Å². The van der Waals surface area contributed by atoms with Gasteiger partial charge in [-0.25, -0.2) is 0 Å². The maximum absolute atomic E-state index is 11.0. The molecule has 1 heterocycles. The van der Waals surface area contributed by atoms with Crippen molar-refractivity contribution in [2.24, 2.45) is 17.8 Å². The van der Waals surface area contributed by atoms with Crippen LogP contribution in [-0.2, 0) is 4.79 Å². The summed E-state index contributed by atoms with van der Waals surface area (Å²) in [6.45, 7) is 0. The number of hydrogen-bond donors (Lipinski definition) is 1. The van der Waals surface area contributed by atoms with Crippen LogP contribution in [0, 0.1) is 17.8 Å². The van der Waals surface area contributed by atoms with Gasteiger partial charge in [0.2, 0.25) is 5.91 Å². The standard InChI is InChI=1S/C7H9NO/c9-7-5-2-6(8-7)4-1-3(4)5/h3-6H,1-2H2,(H,8,9)/t3-,4+,5-,6+/m1/s1. The second kappa shape index (κ2) is 1.02. The Kier molecular flexibility index (Phi) is 0.491. The van der Waals surface area contributed by atoms with Crippen LogP contribution in [0.5, 0.6) is 0 Å². The Morgan fingerprint density at radius 3 is 2.78 bits per heavy atom. The Balaban J connectivity index is 2.04. The second-order valence-electron chi connectivity index (χ2n) is 3.52. The van der Waals surface area contributed by atoms with Gasteiger partial charge in [0.25, 0.3) is 0 Å². The highest BCUT2D eigenvalue weighted by molar-refractivity contribution is 5.83. The summed E-state index contributed by atoms with van der Waals surface area (Å²) in [5, 5.41) is 3.01. The van der Waals surface area contributed by atoms with Gasteiger partial charge >= 0.3 is 0 Å². The van der Waals surface area contributed by atoms with Crippen LogP contribution in [0.2, 0.25) is 0 Å². The van der Waals surface area contributed by atoms with Crippen LogP contribution in [0.3, 0.4) is 0 Å². The third kappa shape index (κ3) is 0.345. The largest absolute Gasteiger partial charge is 0.353 e. The second-order valence-corrected chi connectivity index (χ2v) is 3.52. The molecule has 9 heavy (non-hydrogen) atoms. The van der Waals surface area contributed by atoms with Crippen molar-refractivity contribution in [2.75, 3.05) is 0 Å². The average molecular weight is 123 g/mol. The van der Waals surface area contributed by atoms with Gasteiger partial charge in [-0.3, -0.25) is 4.79 Å². The zero-order valence-electron chi connectivity index (χ0n) is 5.13. The Hall–Kier alpha value is -0.530. The van der Waals surface area contributed by atoms with E-state index in [1.165, 1.54) is 6.42 Å². The first-order valence-electron chi connectivity index (χ1n) is 3.66. The van der Waals surface area contributed by atoms with Crippen molar-refractivity contribution in [2.45, 2.75) is 18.9 Å². The fraction of sp³-hybridized carbons (Fsp3) is 0.857. The van der Waals surface area contributed by atoms with Crippen LogP contribution in [0.4, 0.5) is 0 Å². The van der Waals surface area contributed by atoms with Crippen LogP contribution in [0.15, 0.2) is 0 Å². The number of amides is 1. The van der Waals surface area contributed by atoms with E-state index in [1.807, 2.05) is 0 Å². The van der Waals surface area contributed by atoms with Crippen molar-refractivity contribution in [3.63, 3.8) is 0 Å². The summed E-state index contributed by atoms with van der Waals surface area (Å²) in [6.07, 6.45) is 2.47. The van der Waals surface area contributed by atoms with Gasteiger partial charge in [-0.2, -0.15) is 0 Å². The van der Waals surface area contributed by atoms with Gasteiger partial charge < -0.3 is 5.32 Å². The van der Waals surface area contributed by atoms with E-state index in [0.717, 1.165) is 18.3 Å². The molecule has 1 saturated heterocycles. The summed E-state index contributed by atoms with van der Waals surface area (Å²) >= 11 is 0. The summed E-state index contributed by atoms with van der Waals surface area (Å²) in [7, 11) is 0. The van der Waals surface area contributed by atoms with Gasteiger partial charge in [0.15, 0.2) is 0 Å². The lowest BCUT2D eigenvalue weighted by atomic mass is 10.1. The fourth-order valence-corrected chi connectivity index (χ4v) is 2.54. The minimum Gasteiger partial charge on any atom is -0.353 e. The molecule has 1 amide bonds. The number of nitrogens with one attached hydrogen (secondary N) is 1. The Bertz CT molecular complexity index is 189.